The zero-order valence-electron chi connectivity index (χ0n) is 17.1. The minimum atomic E-state index is -1.01. The molecule has 160 valence electrons. The van der Waals surface area contributed by atoms with Gasteiger partial charge in [-0.25, -0.2) is 14.6 Å². The van der Waals surface area contributed by atoms with Crippen molar-refractivity contribution in [1.29, 1.82) is 0 Å². The summed E-state index contributed by atoms with van der Waals surface area (Å²) < 4.78 is 18.8. The summed E-state index contributed by atoms with van der Waals surface area (Å²) in [6.45, 7) is 5.74. The molecule has 0 radical (unpaired) electrons. The van der Waals surface area contributed by atoms with Gasteiger partial charge in [-0.3, -0.25) is 4.39 Å². The fourth-order valence-electron chi connectivity index (χ4n) is 3.91. The highest BCUT2D eigenvalue weighted by molar-refractivity contribution is 5.68. The van der Waals surface area contributed by atoms with Gasteiger partial charge in [-0.2, -0.15) is 0 Å². The van der Waals surface area contributed by atoms with Crippen LogP contribution in [-0.4, -0.2) is 59.7 Å². The number of pyridine rings is 1. The Balaban J connectivity index is 1.65. The number of aryl methyl sites for hydroxylation is 1. The zero-order chi connectivity index (χ0) is 21.2. The van der Waals surface area contributed by atoms with Crippen molar-refractivity contribution in [2.45, 2.75) is 57.7 Å². The molecule has 2 aliphatic rings. The SMILES string of the molecule is CC(C)(C)OC(=O)NC1CN(c2ccc3c(n2)CC[C@H](NC(=O)O)C3)CC1CF. The van der Waals surface area contributed by atoms with Gasteiger partial charge < -0.3 is 25.4 Å². The van der Waals surface area contributed by atoms with Gasteiger partial charge in [0.25, 0.3) is 0 Å². The van der Waals surface area contributed by atoms with Gasteiger partial charge in [0.2, 0.25) is 0 Å². The minimum absolute atomic E-state index is 0.0993. The van der Waals surface area contributed by atoms with Crippen LogP contribution in [0.2, 0.25) is 0 Å². The number of carbonyl (C=O) groups is 2. The number of rotatable bonds is 4. The molecule has 1 saturated heterocycles. The Morgan fingerprint density at radius 2 is 2.07 bits per heavy atom. The normalized spacial score (nSPS) is 24.0. The van der Waals surface area contributed by atoms with E-state index in [2.05, 4.69) is 10.6 Å². The number of halogens is 1. The predicted octanol–water partition coefficient (Wildman–Crippen LogP) is 2.51. The van der Waals surface area contributed by atoms with Gasteiger partial charge in [-0.05, 0) is 51.7 Å². The number of ether oxygens (including phenoxy) is 1. The van der Waals surface area contributed by atoms with Crippen molar-refractivity contribution in [2.75, 3.05) is 24.7 Å². The molecular weight excluding hydrogens is 379 g/mol. The lowest BCUT2D eigenvalue weighted by Crippen LogP contribution is -2.43. The molecule has 0 spiro atoms. The number of hydrogen-bond donors (Lipinski definition) is 3. The number of carbonyl (C=O) groups excluding carboxylic acids is 1. The minimum Gasteiger partial charge on any atom is -0.465 e. The van der Waals surface area contributed by atoms with Gasteiger partial charge in [-0.15, -0.1) is 0 Å². The van der Waals surface area contributed by atoms with Crippen molar-refractivity contribution in [3.8, 4) is 0 Å². The first-order chi connectivity index (χ1) is 13.6. The number of fused-ring (bicyclic) bond motifs is 1. The zero-order valence-corrected chi connectivity index (χ0v) is 17.1. The second-order valence-electron chi connectivity index (χ2n) is 8.74. The third-order valence-corrected chi connectivity index (χ3v) is 5.24. The third-order valence-electron chi connectivity index (χ3n) is 5.24. The van der Waals surface area contributed by atoms with Gasteiger partial charge in [-0.1, -0.05) is 6.07 Å². The van der Waals surface area contributed by atoms with Gasteiger partial charge in [0.1, 0.15) is 11.4 Å². The molecule has 3 N–H and O–H groups in total. The number of hydrogen-bond acceptors (Lipinski definition) is 5. The third kappa shape index (κ3) is 5.48. The molecule has 1 aromatic heterocycles. The summed E-state index contributed by atoms with van der Waals surface area (Å²) in [6.07, 6.45) is 0.448. The second-order valence-corrected chi connectivity index (χ2v) is 8.74. The van der Waals surface area contributed by atoms with Crippen molar-refractivity contribution >= 4 is 18.0 Å². The van der Waals surface area contributed by atoms with Crippen LogP contribution in [0.15, 0.2) is 12.1 Å². The van der Waals surface area contributed by atoms with E-state index in [4.69, 9.17) is 14.8 Å². The number of amides is 2. The Hall–Kier alpha value is -2.58. The molecule has 1 aliphatic heterocycles. The summed E-state index contributed by atoms with van der Waals surface area (Å²) in [4.78, 5) is 29.6. The highest BCUT2D eigenvalue weighted by atomic mass is 19.1. The first-order valence-electron chi connectivity index (χ1n) is 9.93. The maximum Gasteiger partial charge on any atom is 0.407 e. The highest BCUT2D eigenvalue weighted by Gasteiger charge is 2.36. The van der Waals surface area contributed by atoms with Crippen LogP contribution in [0.3, 0.4) is 0 Å². The summed E-state index contributed by atoms with van der Waals surface area (Å²) in [6, 6.07) is 3.40. The lowest BCUT2D eigenvalue weighted by atomic mass is 9.92. The van der Waals surface area contributed by atoms with Crippen molar-refractivity contribution in [1.82, 2.24) is 15.6 Å². The summed E-state index contributed by atoms with van der Waals surface area (Å²) in [7, 11) is 0. The Kier molecular flexibility index (Phi) is 6.14. The molecule has 0 saturated carbocycles. The van der Waals surface area contributed by atoms with E-state index in [1.54, 1.807) is 20.8 Å². The molecule has 8 nitrogen and oxygen atoms in total. The van der Waals surface area contributed by atoms with Gasteiger partial charge >= 0.3 is 12.2 Å². The maximum atomic E-state index is 13.6. The first kappa shape index (κ1) is 21.1. The second kappa shape index (κ2) is 8.42. The molecule has 3 atom stereocenters. The topological polar surface area (TPSA) is 104 Å². The van der Waals surface area contributed by atoms with Crippen LogP contribution in [0, 0.1) is 5.92 Å². The van der Waals surface area contributed by atoms with Gasteiger partial charge in [0, 0.05) is 30.7 Å². The van der Waals surface area contributed by atoms with Crippen LogP contribution in [0.4, 0.5) is 19.8 Å². The lowest BCUT2D eigenvalue weighted by Gasteiger charge is -2.26. The molecule has 29 heavy (non-hydrogen) atoms. The van der Waals surface area contributed by atoms with E-state index in [0.29, 0.717) is 32.4 Å². The van der Waals surface area contributed by atoms with Crippen LogP contribution in [0.5, 0.6) is 0 Å². The molecule has 1 aliphatic carbocycles. The van der Waals surface area contributed by atoms with Crippen LogP contribution in [-0.2, 0) is 17.6 Å². The van der Waals surface area contributed by atoms with E-state index in [-0.39, 0.29) is 18.0 Å². The van der Waals surface area contributed by atoms with E-state index in [1.165, 1.54) is 0 Å². The predicted molar refractivity (Wildman–Crippen MR) is 106 cm³/mol. The van der Waals surface area contributed by atoms with E-state index < -0.39 is 24.5 Å². The summed E-state index contributed by atoms with van der Waals surface area (Å²) in [5, 5.41) is 14.2. The maximum absolute atomic E-state index is 13.6. The van der Waals surface area contributed by atoms with Crippen LogP contribution >= 0.6 is 0 Å². The van der Waals surface area contributed by atoms with Crippen molar-refractivity contribution in [2.24, 2.45) is 5.92 Å². The molecule has 1 fully saturated rings. The monoisotopic (exact) mass is 408 g/mol. The summed E-state index contributed by atoms with van der Waals surface area (Å²) in [5.74, 6) is 0.421. The van der Waals surface area contributed by atoms with Crippen molar-refractivity contribution in [3.05, 3.63) is 23.4 Å². The molecular formula is C20H29FN4O4. The van der Waals surface area contributed by atoms with Crippen LogP contribution < -0.4 is 15.5 Å². The van der Waals surface area contributed by atoms with E-state index in [1.807, 2.05) is 17.0 Å². The Labute approximate surface area is 169 Å². The number of nitrogens with zero attached hydrogens (tertiary/aromatic N) is 2. The highest BCUT2D eigenvalue weighted by Crippen LogP contribution is 2.27. The Morgan fingerprint density at radius 1 is 1.31 bits per heavy atom. The fourth-order valence-corrected chi connectivity index (χ4v) is 3.91. The van der Waals surface area contributed by atoms with Crippen molar-refractivity contribution in [3.63, 3.8) is 0 Å². The Morgan fingerprint density at radius 3 is 2.72 bits per heavy atom. The number of anilines is 1. The van der Waals surface area contributed by atoms with Gasteiger partial charge in [0.15, 0.2) is 0 Å². The Bertz CT molecular complexity index is 767. The van der Waals surface area contributed by atoms with Crippen LogP contribution in [0.1, 0.15) is 38.4 Å². The number of alkyl halides is 1. The summed E-state index contributed by atoms with van der Waals surface area (Å²) >= 11 is 0. The molecule has 0 aromatic carbocycles. The number of nitrogens with one attached hydrogen (secondary N) is 2. The number of alkyl carbamates (subject to hydrolysis) is 1. The first-order valence-corrected chi connectivity index (χ1v) is 9.93. The largest absolute Gasteiger partial charge is 0.465 e. The molecule has 0 bridgehead atoms. The van der Waals surface area contributed by atoms with Crippen molar-refractivity contribution < 1.29 is 23.8 Å². The number of aromatic nitrogens is 1. The smallest absolute Gasteiger partial charge is 0.407 e. The molecule has 9 heteroatoms. The quantitative estimate of drug-likeness (QED) is 0.707. The van der Waals surface area contributed by atoms with Gasteiger partial charge in [0.05, 0.1) is 12.7 Å². The lowest BCUT2D eigenvalue weighted by molar-refractivity contribution is 0.0494. The van der Waals surface area contributed by atoms with E-state index >= 15 is 0 Å². The van der Waals surface area contributed by atoms with E-state index in [0.717, 1.165) is 17.1 Å². The number of carboxylic acid groups (broad SMARTS) is 1. The molecule has 2 heterocycles. The fraction of sp³-hybridized carbons (Fsp3) is 0.650. The van der Waals surface area contributed by atoms with Crippen LogP contribution in [0.25, 0.3) is 0 Å². The molecule has 2 amide bonds. The average molecular weight is 408 g/mol. The standard InChI is InChI=1S/C20H29FN4O4/c1-20(2,3)29-19(28)24-16-11-25(10-13(16)9-21)17-7-4-12-8-14(22-18(26)27)5-6-15(12)23-17/h4,7,13-14,16,22H,5-6,8-11H2,1-3H3,(H,24,28)(H,26,27)/t13?,14-,16?/m0/s1. The molecule has 3 rings (SSSR count). The molecule has 1 aromatic rings. The average Bonchev–Trinajstić information content (AvgIpc) is 3.01. The summed E-state index contributed by atoms with van der Waals surface area (Å²) in [5.41, 5.74) is 1.37. The van der Waals surface area contributed by atoms with E-state index in [9.17, 15) is 14.0 Å². The molecule has 2 unspecified atom stereocenters.